The third kappa shape index (κ3) is 4.25. The van der Waals surface area contributed by atoms with Crippen molar-refractivity contribution >= 4 is 22.6 Å². The first-order valence-corrected chi connectivity index (χ1v) is 11.5. The zero-order valence-corrected chi connectivity index (χ0v) is 19.8. The average Bonchev–Trinajstić information content (AvgIpc) is 3.25. The van der Waals surface area contributed by atoms with Gasteiger partial charge in [-0.15, -0.1) is 0 Å². The number of hydrogen-bond donors (Lipinski definition) is 3. The van der Waals surface area contributed by atoms with Gasteiger partial charge >= 0.3 is 5.97 Å². The molecule has 2 heterocycles. The molecule has 0 saturated heterocycles. The highest BCUT2D eigenvalue weighted by Crippen LogP contribution is 2.37. The molecule has 36 heavy (non-hydrogen) atoms. The predicted octanol–water partition coefficient (Wildman–Crippen LogP) is 4.66. The summed E-state index contributed by atoms with van der Waals surface area (Å²) in [4.78, 5) is 26.1. The monoisotopic (exact) mass is 487 g/mol. The van der Waals surface area contributed by atoms with Crippen molar-refractivity contribution in [2.24, 2.45) is 0 Å². The number of aromatic amines is 1. The van der Waals surface area contributed by atoms with Crippen molar-refractivity contribution in [3.05, 3.63) is 98.7 Å². The second-order valence-corrected chi connectivity index (χ2v) is 8.82. The van der Waals surface area contributed by atoms with Crippen LogP contribution in [0.2, 0.25) is 0 Å². The number of rotatable bonds is 7. The van der Waals surface area contributed by atoms with Crippen LogP contribution in [0.4, 0.5) is 5.69 Å². The lowest BCUT2D eigenvalue weighted by atomic mass is 9.89. The van der Waals surface area contributed by atoms with Gasteiger partial charge in [0.25, 0.3) is 5.69 Å². The molecule has 1 aromatic heterocycles. The molecule has 184 valence electrons. The van der Waals surface area contributed by atoms with Crippen molar-refractivity contribution in [3.8, 4) is 11.5 Å². The number of para-hydroxylation sites is 1. The molecule has 9 heteroatoms. The highest BCUT2D eigenvalue weighted by Gasteiger charge is 2.34. The molecule has 1 aliphatic heterocycles. The Morgan fingerprint density at radius 2 is 1.97 bits per heavy atom. The number of hydrogen-bond acceptors (Lipinski definition) is 6. The van der Waals surface area contributed by atoms with Gasteiger partial charge in [0.05, 0.1) is 18.1 Å². The largest absolute Gasteiger partial charge is 0.496 e. The number of ether oxygens (including phenoxy) is 2. The molecule has 0 unspecified atom stereocenters. The van der Waals surface area contributed by atoms with E-state index in [-0.39, 0.29) is 18.3 Å². The first-order chi connectivity index (χ1) is 17.4. The van der Waals surface area contributed by atoms with Crippen molar-refractivity contribution in [1.82, 2.24) is 10.3 Å². The van der Waals surface area contributed by atoms with E-state index in [2.05, 4.69) is 10.3 Å². The third-order valence-electron chi connectivity index (χ3n) is 6.61. The highest BCUT2D eigenvalue weighted by atomic mass is 16.6. The number of benzene rings is 3. The standard InChI is InChI=1S/C27H25N3O6/c1-15-11-18(8-9-23(15)30(33)34)36-14-17-12-16(7-10-24(17)35-2)25-26-20(13-22(29-25)27(31)32)19-5-3-4-6-21(19)28-26/h3-12,22,25,28-29H,13-14H2,1-2H3,(H,31,32)/t22-,25+/m0/s1. The zero-order chi connectivity index (χ0) is 25.4. The van der Waals surface area contributed by atoms with Gasteiger partial charge < -0.3 is 19.6 Å². The molecule has 0 bridgehead atoms. The van der Waals surface area contributed by atoms with Crippen molar-refractivity contribution in [1.29, 1.82) is 0 Å². The van der Waals surface area contributed by atoms with Crippen LogP contribution in [0.5, 0.6) is 11.5 Å². The molecule has 0 radical (unpaired) electrons. The Morgan fingerprint density at radius 3 is 2.69 bits per heavy atom. The quantitative estimate of drug-likeness (QED) is 0.256. The van der Waals surface area contributed by atoms with E-state index in [1.807, 2.05) is 42.5 Å². The second-order valence-electron chi connectivity index (χ2n) is 8.82. The van der Waals surface area contributed by atoms with Crippen molar-refractivity contribution < 1.29 is 24.3 Å². The van der Waals surface area contributed by atoms with Crippen molar-refractivity contribution in [3.63, 3.8) is 0 Å². The summed E-state index contributed by atoms with van der Waals surface area (Å²) >= 11 is 0. The lowest BCUT2D eigenvalue weighted by molar-refractivity contribution is -0.385. The van der Waals surface area contributed by atoms with Crippen molar-refractivity contribution in [2.45, 2.75) is 32.0 Å². The van der Waals surface area contributed by atoms with Gasteiger partial charge in [0.1, 0.15) is 24.1 Å². The molecular weight excluding hydrogens is 462 g/mol. The molecule has 3 N–H and O–H groups in total. The summed E-state index contributed by atoms with van der Waals surface area (Å²) in [5.74, 6) is 0.228. The van der Waals surface area contributed by atoms with E-state index in [0.717, 1.165) is 33.3 Å². The lowest BCUT2D eigenvalue weighted by Gasteiger charge is -2.30. The van der Waals surface area contributed by atoms with Gasteiger partial charge in [-0.2, -0.15) is 0 Å². The fourth-order valence-corrected chi connectivity index (χ4v) is 4.83. The van der Waals surface area contributed by atoms with E-state index in [1.165, 1.54) is 6.07 Å². The number of aliphatic carboxylic acids is 1. The van der Waals surface area contributed by atoms with Crippen LogP contribution in [-0.2, 0) is 17.8 Å². The normalized spacial score (nSPS) is 16.9. The number of carboxylic acids is 1. The Hall–Kier alpha value is -4.37. The summed E-state index contributed by atoms with van der Waals surface area (Å²) < 4.78 is 11.5. The topological polar surface area (TPSA) is 127 Å². The molecule has 0 spiro atoms. The minimum atomic E-state index is -0.901. The number of carbonyl (C=O) groups is 1. The van der Waals surface area contributed by atoms with E-state index in [4.69, 9.17) is 9.47 Å². The Balaban J connectivity index is 1.49. The number of nitro benzene ring substituents is 1. The minimum absolute atomic E-state index is 0.0347. The number of aromatic nitrogens is 1. The second kappa shape index (κ2) is 9.35. The van der Waals surface area contributed by atoms with E-state index in [0.29, 0.717) is 23.5 Å². The van der Waals surface area contributed by atoms with Gasteiger partial charge in [0, 0.05) is 40.2 Å². The fourth-order valence-electron chi connectivity index (χ4n) is 4.83. The molecule has 0 aliphatic carbocycles. The van der Waals surface area contributed by atoms with Crippen LogP contribution in [0.25, 0.3) is 10.9 Å². The number of fused-ring (bicyclic) bond motifs is 3. The molecule has 0 fully saturated rings. The van der Waals surface area contributed by atoms with Gasteiger partial charge in [0.15, 0.2) is 0 Å². The van der Waals surface area contributed by atoms with Crippen LogP contribution in [0.1, 0.15) is 34.0 Å². The maximum atomic E-state index is 12.0. The van der Waals surface area contributed by atoms with Gasteiger partial charge in [-0.3, -0.25) is 20.2 Å². The molecule has 0 amide bonds. The fraction of sp³-hybridized carbons (Fsp3) is 0.222. The van der Waals surface area contributed by atoms with E-state index < -0.39 is 16.9 Å². The molecule has 3 aromatic carbocycles. The maximum absolute atomic E-state index is 12.0. The van der Waals surface area contributed by atoms with E-state index in [1.54, 1.807) is 26.2 Å². The van der Waals surface area contributed by atoms with Gasteiger partial charge in [0.2, 0.25) is 0 Å². The molecule has 2 atom stereocenters. The van der Waals surface area contributed by atoms with E-state index >= 15 is 0 Å². The van der Waals surface area contributed by atoms with Crippen LogP contribution in [-0.4, -0.2) is 34.1 Å². The molecule has 5 rings (SSSR count). The van der Waals surface area contributed by atoms with Gasteiger partial charge in [-0.05, 0) is 48.4 Å². The Labute approximate surface area is 206 Å². The zero-order valence-electron chi connectivity index (χ0n) is 19.8. The minimum Gasteiger partial charge on any atom is -0.496 e. The van der Waals surface area contributed by atoms with E-state index in [9.17, 15) is 20.0 Å². The molecule has 4 aromatic rings. The summed E-state index contributed by atoms with van der Waals surface area (Å²) in [5, 5.41) is 25.2. The first-order valence-electron chi connectivity index (χ1n) is 11.5. The van der Waals surface area contributed by atoms with Crippen LogP contribution in [0.15, 0.2) is 60.7 Å². The van der Waals surface area contributed by atoms with Crippen molar-refractivity contribution in [2.75, 3.05) is 7.11 Å². The summed E-state index contributed by atoms with van der Waals surface area (Å²) in [6.45, 7) is 1.83. The highest BCUT2D eigenvalue weighted by molar-refractivity contribution is 5.87. The van der Waals surface area contributed by atoms with Crippen LogP contribution in [0, 0.1) is 17.0 Å². The number of H-pyrrole nitrogens is 1. The van der Waals surface area contributed by atoms with Crippen LogP contribution in [0.3, 0.4) is 0 Å². The molecule has 1 aliphatic rings. The maximum Gasteiger partial charge on any atom is 0.321 e. The smallest absolute Gasteiger partial charge is 0.321 e. The number of nitrogens with zero attached hydrogens (tertiary/aromatic N) is 1. The lowest BCUT2D eigenvalue weighted by Crippen LogP contribution is -2.45. The summed E-state index contributed by atoms with van der Waals surface area (Å²) in [6.07, 6.45) is 0.386. The molecule has 9 nitrogen and oxygen atoms in total. The SMILES string of the molecule is COc1ccc([C@H]2N[C@H](C(=O)O)Cc3c2[nH]c2ccccc32)cc1COc1ccc([N+](=O)[O-])c(C)c1. The van der Waals surface area contributed by atoms with Gasteiger partial charge in [-0.1, -0.05) is 24.3 Å². The number of aryl methyl sites for hydroxylation is 1. The molecular formula is C27H25N3O6. The van der Waals surface area contributed by atoms with Gasteiger partial charge in [-0.25, -0.2) is 0 Å². The average molecular weight is 488 g/mol. The summed E-state index contributed by atoms with van der Waals surface area (Å²) in [6, 6.07) is 17.1. The molecule has 0 saturated carbocycles. The first kappa shape index (κ1) is 23.4. The number of nitro groups is 1. The summed E-state index contributed by atoms with van der Waals surface area (Å²) in [7, 11) is 1.57. The summed E-state index contributed by atoms with van der Waals surface area (Å²) in [5.41, 5.74) is 5.08. The number of carboxylic acid groups (broad SMARTS) is 1. The third-order valence-corrected chi connectivity index (χ3v) is 6.61. The predicted molar refractivity (Wildman–Crippen MR) is 134 cm³/mol. The Bertz CT molecular complexity index is 1480. The number of nitrogens with one attached hydrogen (secondary N) is 2. The Kier molecular flexibility index (Phi) is 6.07. The van der Waals surface area contributed by atoms with Crippen LogP contribution >= 0.6 is 0 Å². The van der Waals surface area contributed by atoms with Crippen LogP contribution < -0.4 is 14.8 Å². The number of methoxy groups -OCH3 is 1. The Morgan fingerprint density at radius 1 is 1.17 bits per heavy atom.